The van der Waals surface area contributed by atoms with E-state index in [1.54, 1.807) is 4.90 Å². The van der Waals surface area contributed by atoms with Crippen molar-refractivity contribution in [2.75, 3.05) is 13.1 Å². The van der Waals surface area contributed by atoms with Crippen molar-refractivity contribution in [3.05, 3.63) is 58.7 Å². The van der Waals surface area contributed by atoms with Gasteiger partial charge in [-0.3, -0.25) is 4.79 Å². The number of hydrogen-bond donors (Lipinski definition) is 0. The molecule has 30 heavy (non-hydrogen) atoms. The number of carbonyl (C=O) groups is 1. The lowest BCUT2D eigenvalue weighted by atomic mass is 10.1. The third-order valence-electron chi connectivity index (χ3n) is 4.62. The molecule has 0 N–H and O–H groups in total. The molecule has 4 rings (SSSR count). The summed E-state index contributed by atoms with van der Waals surface area (Å²) in [6.45, 7) is 0.765. The fourth-order valence-corrected chi connectivity index (χ4v) is 3.97. The van der Waals surface area contributed by atoms with Gasteiger partial charge in [-0.25, -0.2) is 9.97 Å². The third-order valence-corrected chi connectivity index (χ3v) is 5.45. The summed E-state index contributed by atoms with van der Waals surface area (Å²) < 4.78 is 44.0. The lowest BCUT2D eigenvalue weighted by molar-refractivity contribution is -0.141. The molecule has 1 saturated heterocycles. The molecule has 0 spiro atoms. The highest BCUT2D eigenvalue weighted by Crippen LogP contribution is 2.28. The zero-order valence-corrected chi connectivity index (χ0v) is 16.5. The molecular formula is C20H17F3N4O2S. The van der Waals surface area contributed by atoms with E-state index in [-0.39, 0.29) is 18.5 Å². The molecule has 2 aromatic heterocycles. The SMILES string of the molecule is O=C(c1nc(-c2ccccc2)cs1)N1CCCC(Oc2nccc(C(F)(F)F)n2)C1. The van der Waals surface area contributed by atoms with Gasteiger partial charge in [0, 0.05) is 23.7 Å². The van der Waals surface area contributed by atoms with E-state index in [0.29, 0.717) is 24.4 Å². The van der Waals surface area contributed by atoms with Crippen molar-refractivity contribution >= 4 is 17.2 Å². The molecule has 0 radical (unpaired) electrons. The average Bonchev–Trinajstić information content (AvgIpc) is 3.24. The van der Waals surface area contributed by atoms with Crippen LogP contribution in [0.25, 0.3) is 11.3 Å². The van der Waals surface area contributed by atoms with Gasteiger partial charge in [0.25, 0.3) is 5.91 Å². The van der Waals surface area contributed by atoms with Crippen molar-refractivity contribution in [3.8, 4) is 17.3 Å². The first-order chi connectivity index (χ1) is 14.4. The van der Waals surface area contributed by atoms with Gasteiger partial charge in [-0.2, -0.15) is 18.2 Å². The number of amides is 1. The first kappa shape index (κ1) is 20.3. The first-order valence-electron chi connectivity index (χ1n) is 9.27. The first-order valence-corrected chi connectivity index (χ1v) is 10.2. The Bertz CT molecular complexity index is 1030. The number of halogens is 3. The van der Waals surface area contributed by atoms with Gasteiger partial charge in [0.1, 0.15) is 6.10 Å². The van der Waals surface area contributed by atoms with Crippen molar-refractivity contribution < 1.29 is 22.7 Å². The summed E-state index contributed by atoms with van der Waals surface area (Å²) in [7, 11) is 0. The zero-order chi connectivity index (χ0) is 21.1. The normalized spacial score (nSPS) is 17.0. The molecule has 0 aliphatic carbocycles. The largest absolute Gasteiger partial charge is 0.458 e. The number of ether oxygens (including phenoxy) is 1. The van der Waals surface area contributed by atoms with Crippen LogP contribution in [0, 0.1) is 0 Å². The Hall–Kier alpha value is -3.01. The van der Waals surface area contributed by atoms with Crippen LogP contribution in [0.15, 0.2) is 48.0 Å². The van der Waals surface area contributed by atoms with Crippen molar-refractivity contribution in [3.63, 3.8) is 0 Å². The molecule has 3 heterocycles. The van der Waals surface area contributed by atoms with E-state index >= 15 is 0 Å². The molecule has 156 valence electrons. The molecular weight excluding hydrogens is 417 g/mol. The van der Waals surface area contributed by atoms with Gasteiger partial charge in [-0.15, -0.1) is 11.3 Å². The molecule has 0 bridgehead atoms. The Kier molecular flexibility index (Phi) is 5.67. The smallest absolute Gasteiger partial charge is 0.433 e. The molecule has 1 atom stereocenters. The number of carbonyl (C=O) groups excluding carboxylic acids is 1. The molecule has 1 fully saturated rings. The Morgan fingerprint density at radius 3 is 2.73 bits per heavy atom. The summed E-state index contributed by atoms with van der Waals surface area (Å²) in [5.74, 6) is -0.222. The number of nitrogens with zero attached hydrogens (tertiary/aromatic N) is 4. The Morgan fingerprint density at radius 1 is 1.17 bits per heavy atom. The number of likely N-dealkylation sites (tertiary alicyclic amines) is 1. The van der Waals surface area contributed by atoms with Crippen LogP contribution in [0.1, 0.15) is 28.3 Å². The van der Waals surface area contributed by atoms with Crippen LogP contribution in [0.3, 0.4) is 0 Å². The maximum atomic E-state index is 12.9. The molecule has 1 amide bonds. The summed E-state index contributed by atoms with van der Waals surface area (Å²) in [5, 5.41) is 2.20. The van der Waals surface area contributed by atoms with E-state index in [0.717, 1.165) is 23.5 Å². The minimum Gasteiger partial charge on any atom is -0.458 e. The monoisotopic (exact) mass is 434 g/mol. The molecule has 1 unspecified atom stereocenters. The summed E-state index contributed by atoms with van der Waals surface area (Å²) in [6, 6.07) is 9.99. The van der Waals surface area contributed by atoms with Gasteiger partial charge in [-0.05, 0) is 18.9 Å². The number of piperidine rings is 1. The Morgan fingerprint density at radius 2 is 1.97 bits per heavy atom. The summed E-state index contributed by atoms with van der Waals surface area (Å²) in [6.07, 6.45) is -2.79. The zero-order valence-electron chi connectivity index (χ0n) is 15.7. The van der Waals surface area contributed by atoms with Crippen molar-refractivity contribution in [1.82, 2.24) is 19.9 Å². The van der Waals surface area contributed by atoms with Gasteiger partial charge in [0.05, 0.1) is 12.2 Å². The van der Waals surface area contributed by atoms with Gasteiger partial charge < -0.3 is 9.64 Å². The number of hydrogen-bond acceptors (Lipinski definition) is 6. The van der Waals surface area contributed by atoms with E-state index in [1.807, 2.05) is 35.7 Å². The number of thiazole rings is 1. The Labute approximate surface area is 174 Å². The third kappa shape index (κ3) is 4.59. The molecule has 10 heteroatoms. The van der Waals surface area contributed by atoms with Gasteiger partial charge in [0.2, 0.25) is 0 Å². The molecule has 3 aromatic rings. The number of benzene rings is 1. The second-order valence-electron chi connectivity index (χ2n) is 6.76. The van der Waals surface area contributed by atoms with Gasteiger partial charge >= 0.3 is 12.2 Å². The van der Waals surface area contributed by atoms with E-state index in [2.05, 4.69) is 15.0 Å². The standard InChI is InChI=1S/C20H17F3N4O2S/c21-20(22,23)16-8-9-24-19(26-16)29-14-7-4-10-27(11-14)18(28)17-25-15(12-30-17)13-5-2-1-3-6-13/h1-3,5-6,8-9,12,14H,4,7,10-11H2. The van der Waals surface area contributed by atoms with E-state index in [4.69, 9.17) is 4.74 Å². The topological polar surface area (TPSA) is 68.2 Å². The van der Waals surface area contributed by atoms with Crippen molar-refractivity contribution in [2.45, 2.75) is 25.1 Å². The predicted octanol–water partition coefficient (Wildman–Crippen LogP) is 4.30. The number of rotatable bonds is 4. The molecule has 1 aliphatic rings. The Balaban J connectivity index is 1.43. The molecule has 0 saturated carbocycles. The minimum atomic E-state index is -4.57. The number of alkyl halides is 3. The van der Waals surface area contributed by atoms with E-state index < -0.39 is 18.0 Å². The fourth-order valence-electron chi connectivity index (χ4n) is 3.17. The maximum Gasteiger partial charge on any atom is 0.433 e. The second-order valence-corrected chi connectivity index (χ2v) is 7.62. The highest BCUT2D eigenvalue weighted by molar-refractivity contribution is 7.12. The highest BCUT2D eigenvalue weighted by Gasteiger charge is 2.34. The van der Waals surface area contributed by atoms with Crippen LogP contribution in [0.5, 0.6) is 6.01 Å². The average molecular weight is 434 g/mol. The van der Waals surface area contributed by atoms with E-state index in [9.17, 15) is 18.0 Å². The molecule has 1 aromatic carbocycles. The minimum absolute atomic E-state index is 0.222. The lowest BCUT2D eigenvalue weighted by Gasteiger charge is -2.31. The van der Waals surface area contributed by atoms with Gasteiger partial charge in [-0.1, -0.05) is 30.3 Å². The van der Waals surface area contributed by atoms with Crippen LogP contribution in [0.2, 0.25) is 0 Å². The summed E-state index contributed by atoms with van der Waals surface area (Å²) in [4.78, 5) is 26.1. The van der Waals surface area contributed by atoms with Crippen molar-refractivity contribution in [1.29, 1.82) is 0 Å². The molecule has 1 aliphatic heterocycles. The van der Waals surface area contributed by atoms with Crippen LogP contribution in [-0.4, -0.2) is 45.0 Å². The van der Waals surface area contributed by atoms with Crippen LogP contribution < -0.4 is 4.74 Å². The lowest BCUT2D eigenvalue weighted by Crippen LogP contribution is -2.44. The summed E-state index contributed by atoms with van der Waals surface area (Å²) in [5.41, 5.74) is 0.591. The molecule has 6 nitrogen and oxygen atoms in total. The fraction of sp³-hybridized carbons (Fsp3) is 0.300. The van der Waals surface area contributed by atoms with Crippen LogP contribution in [-0.2, 0) is 6.18 Å². The van der Waals surface area contributed by atoms with Crippen LogP contribution >= 0.6 is 11.3 Å². The van der Waals surface area contributed by atoms with Gasteiger partial charge in [0.15, 0.2) is 10.7 Å². The highest BCUT2D eigenvalue weighted by atomic mass is 32.1. The summed E-state index contributed by atoms with van der Waals surface area (Å²) >= 11 is 1.26. The van der Waals surface area contributed by atoms with E-state index in [1.165, 1.54) is 11.3 Å². The maximum absolute atomic E-state index is 12.9. The van der Waals surface area contributed by atoms with Crippen LogP contribution in [0.4, 0.5) is 13.2 Å². The second kappa shape index (κ2) is 8.39. The van der Waals surface area contributed by atoms with Crippen molar-refractivity contribution in [2.24, 2.45) is 0 Å². The number of aromatic nitrogens is 3. The quantitative estimate of drug-likeness (QED) is 0.612. The predicted molar refractivity (Wildman–Crippen MR) is 104 cm³/mol.